The minimum absolute atomic E-state index is 0.138. The number of sulfone groups is 1. The summed E-state index contributed by atoms with van der Waals surface area (Å²) >= 11 is 0. The zero-order valence-corrected chi connectivity index (χ0v) is 18.1. The van der Waals surface area contributed by atoms with Crippen molar-refractivity contribution >= 4 is 15.7 Å². The Labute approximate surface area is 171 Å². The van der Waals surface area contributed by atoms with Crippen molar-refractivity contribution in [2.24, 2.45) is 10.2 Å². The average Bonchev–Trinajstić information content (AvgIpc) is 2.99. The molecule has 0 radical (unpaired) electrons. The summed E-state index contributed by atoms with van der Waals surface area (Å²) in [7, 11) is -3.39. The number of nitrogens with one attached hydrogen (secondary N) is 2. The summed E-state index contributed by atoms with van der Waals surface area (Å²) in [6.07, 6.45) is 2.07. The van der Waals surface area contributed by atoms with Crippen molar-refractivity contribution < 1.29 is 13.2 Å². The molecule has 1 aromatic carbocycles. The second-order valence-corrected chi connectivity index (χ2v) is 10.7. The Balaban J connectivity index is 2.05. The number of hydrogen-bond donors (Lipinski definition) is 2. The van der Waals surface area contributed by atoms with Gasteiger partial charge in [-0.15, -0.1) is 0 Å². The summed E-state index contributed by atoms with van der Waals surface area (Å²) in [5.41, 5.74) is 2.77. The first-order valence-corrected chi connectivity index (χ1v) is 11.6. The maximum atomic E-state index is 13.4. The molecule has 4 rings (SSSR count). The highest BCUT2D eigenvalue weighted by Crippen LogP contribution is 2.52. The number of amides is 1. The van der Waals surface area contributed by atoms with Crippen LogP contribution in [0.3, 0.4) is 0 Å². The molecule has 0 aliphatic carbocycles. The third-order valence-electron chi connectivity index (χ3n) is 6.07. The Morgan fingerprint density at radius 2 is 2.00 bits per heavy atom. The van der Waals surface area contributed by atoms with E-state index in [4.69, 9.17) is 0 Å². The predicted molar refractivity (Wildman–Crippen MR) is 110 cm³/mol. The molecule has 0 saturated carbocycles. The van der Waals surface area contributed by atoms with Crippen molar-refractivity contribution in [3.8, 4) is 0 Å². The summed E-state index contributed by atoms with van der Waals surface area (Å²) in [6, 6.07) is 6.92. The molecule has 8 heteroatoms. The predicted octanol–water partition coefficient (Wildman–Crippen LogP) is 2.96. The normalized spacial score (nSPS) is 28.0. The second kappa shape index (κ2) is 6.26. The van der Waals surface area contributed by atoms with Gasteiger partial charge in [0.25, 0.3) is 5.91 Å². The molecule has 0 aromatic heterocycles. The van der Waals surface area contributed by atoms with Crippen LogP contribution in [0.4, 0.5) is 0 Å². The van der Waals surface area contributed by atoms with Crippen molar-refractivity contribution in [2.75, 3.05) is 6.26 Å². The zero-order valence-electron chi connectivity index (χ0n) is 17.3. The molecule has 0 fully saturated rings. The first kappa shape index (κ1) is 19.8. The SMILES string of the molecule is CC[C@]1(c2cccc(S(C)(=O)=O)c2)C2=C(CC(C)(C)NC2=O)NC2N=NC(C)=C21. The van der Waals surface area contributed by atoms with Gasteiger partial charge in [-0.2, -0.15) is 10.2 Å². The highest BCUT2D eigenvalue weighted by molar-refractivity contribution is 7.90. The number of azo groups is 1. The van der Waals surface area contributed by atoms with Crippen LogP contribution in [0.1, 0.15) is 46.1 Å². The molecule has 0 spiro atoms. The zero-order chi connectivity index (χ0) is 21.2. The van der Waals surface area contributed by atoms with Gasteiger partial charge in [0, 0.05) is 29.5 Å². The van der Waals surface area contributed by atoms with E-state index in [0.29, 0.717) is 18.4 Å². The molecule has 1 unspecified atom stereocenters. The quantitative estimate of drug-likeness (QED) is 0.794. The van der Waals surface area contributed by atoms with Crippen LogP contribution in [-0.4, -0.2) is 32.3 Å². The van der Waals surface area contributed by atoms with Crippen molar-refractivity contribution in [3.63, 3.8) is 0 Å². The van der Waals surface area contributed by atoms with Crippen LogP contribution in [0, 0.1) is 0 Å². The van der Waals surface area contributed by atoms with E-state index in [1.807, 2.05) is 33.8 Å². The van der Waals surface area contributed by atoms with Gasteiger partial charge >= 0.3 is 0 Å². The molecule has 0 saturated heterocycles. The van der Waals surface area contributed by atoms with E-state index in [0.717, 1.165) is 22.5 Å². The third kappa shape index (κ3) is 2.92. The van der Waals surface area contributed by atoms with Gasteiger partial charge in [-0.1, -0.05) is 19.1 Å². The van der Waals surface area contributed by atoms with Gasteiger partial charge in [0.2, 0.25) is 0 Å². The Morgan fingerprint density at radius 3 is 2.66 bits per heavy atom. The minimum Gasteiger partial charge on any atom is -0.362 e. The van der Waals surface area contributed by atoms with Gasteiger partial charge in [0.1, 0.15) is 0 Å². The second-order valence-electron chi connectivity index (χ2n) is 8.69. The molecule has 1 aromatic rings. The van der Waals surface area contributed by atoms with Crippen molar-refractivity contribution in [2.45, 2.75) is 62.6 Å². The number of allylic oxidation sites excluding steroid dienone is 1. The lowest BCUT2D eigenvalue weighted by atomic mass is 9.61. The fraction of sp³-hybridized carbons (Fsp3) is 0.476. The van der Waals surface area contributed by atoms with E-state index in [1.165, 1.54) is 6.26 Å². The van der Waals surface area contributed by atoms with Crippen LogP contribution >= 0.6 is 0 Å². The largest absolute Gasteiger partial charge is 0.362 e. The van der Waals surface area contributed by atoms with Gasteiger partial charge in [-0.25, -0.2) is 8.42 Å². The molecule has 3 aliphatic rings. The minimum atomic E-state index is -3.39. The molecule has 154 valence electrons. The summed E-state index contributed by atoms with van der Waals surface area (Å²) in [4.78, 5) is 13.6. The van der Waals surface area contributed by atoms with Crippen molar-refractivity contribution in [1.82, 2.24) is 10.6 Å². The van der Waals surface area contributed by atoms with E-state index in [-0.39, 0.29) is 22.5 Å². The van der Waals surface area contributed by atoms with Crippen LogP contribution in [0.2, 0.25) is 0 Å². The molecule has 2 atom stereocenters. The van der Waals surface area contributed by atoms with Gasteiger partial charge in [-0.05, 0) is 44.9 Å². The molecular formula is C21H26N4O3S. The molecule has 29 heavy (non-hydrogen) atoms. The number of carbonyl (C=O) groups is 1. The topological polar surface area (TPSA) is 100.0 Å². The smallest absolute Gasteiger partial charge is 0.250 e. The summed E-state index contributed by atoms with van der Waals surface area (Å²) in [5, 5.41) is 15.2. The maximum absolute atomic E-state index is 13.4. The monoisotopic (exact) mass is 414 g/mol. The maximum Gasteiger partial charge on any atom is 0.250 e. The molecular weight excluding hydrogens is 388 g/mol. The van der Waals surface area contributed by atoms with Crippen LogP contribution in [0.5, 0.6) is 0 Å². The Hall–Kier alpha value is -2.48. The van der Waals surface area contributed by atoms with Crippen LogP contribution < -0.4 is 10.6 Å². The summed E-state index contributed by atoms with van der Waals surface area (Å²) in [5.74, 6) is -0.138. The number of nitrogens with zero attached hydrogens (tertiary/aromatic N) is 2. The van der Waals surface area contributed by atoms with Crippen molar-refractivity contribution in [1.29, 1.82) is 0 Å². The highest BCUT2D eigenvalue weighted by Gasteiger charge is 2.54. The average molecular weight is 415 g/mol. The highest BCUT2D eigenvalue weighted by atomic mass is 32.2. The molecule has 7 nitrogen and oxygen atoms in total. The molecule has 1 amide bonds. The fourth-order valence-electron chi connectivity index (χ4n) is 4.92. The Morgan fingerprint density at radius 1 is 1.28 bits per heavy atom. The van der Waals surface area contributed by atoms with E-state index >= 15 is 0 Å². The first-order chi connectivity index (χ1) is 13.5. The van der Waals surface area contributed by atoms with Crippen molar-refractivity contribution in [3.05, 3.63) is 52.4 Å². The molecule has 0 bridgehead atoms. The van der Waals surface area contributed by atoms with Gasteiger partial charge in [-0.3, -0.25) is 4.79 Å². The van der Waals surface area contributed by atoms with E-state index < -0.39 is 15.3 Å². The van der Waals surface area contributed by atoms with Crippen LogP contribution in [0.15, 0.2) is 61.9 Å². The lowest BCUT2D eigenvalue weighted by Crippen LogP contribution is -2.58. The molecule has 3 heterocycles. The van der Waals surface area contributed by atoms with Gasteiger partial charge in [0.05, 0.1) is 21.6 Å². The number of hydrogen-bond acceptors (Lipinski definition) is 6. The summed E-state index contributed by atoms with van der Waals surface area (Å²) < 4.78 is 24.5. The third-order valence-corrected chi connectivity index (χ3v) is 7.18. The van der Waals surface area contributed by atoms with Gasteiger partial charge < -0.3 is 10.6 Å². The van der Waals surface area contributed by atoms with Crippen LogP contribution in [0.25, 0.3) is 0 Å². The lowest BCUT2D eigenvalue weighted by Gasteiger charge is -2.48. The Bertz CT molecular complexity index is 1110. The number of carbonyl (C=O) groups excluding carboxylic acids is 1. The number of benzene rings is 1. The summed E-state index contributed by atoms with van der Waals surface area (Å²) in [6.45, 7) is 7.88. The number of fused-ring (bicyclic) bond motifs is 1. The molecule has 3 aliphatic heterocycles. The first-order valence-electron chi connectivity index (χ1n) is 9.75. The van der Waals surface area contributed by atoms with E-state index in [1.54, 1.807) is 18.2 Å². The van der Waals surface area contributed by atoms with Crippen LogP contribution in [-0.2, 0) is 20.0 Å². The fourth-order valence-corrected chi connectivity index (χ4v) is 5.58. The molecule has 2 N–H and O–H groups in total. The Kier molecular flexibility index (Phi) is 4.28. The lowest BCUT2D eigenvalue weighted by molar-refractivity contribution is -0.120. The standard InChI is InChI=1S/C21H26N4O3S/c1-6-21(13-8-7-9-14(10-13)29(5,27)28)16-12(2)24-25-18(16)22-15-11-20(3,4)23-19(26)17(15)21/h7-10,18,22H,6,11H2,1-5H3,(H,23,26)/t18?,21-/m1/s1. The van der Waals surface area contributed by atoms with E-state index in [2.05, 4.69) is 20.9 Å². The number of rotatable bonds is 3. The van der Waals surface area contributed by atoms with Gasteiger partial charge in [0.15, 0.2) is 16.0 Å². The van der Waals surface area contributed by atoms with E-state index in [9.17, 15) is 13.2 Å².